The largest absolute Gasteiger partial charge is 0.378 e. The fourth-order valence-corrected chi connectivity index (χ4v) is 5.72. The van der Waals surface area contributed by atoms with E-state index in [1.165, 1.54) is 4.90 Å². The number of aliphatic hydroxyl groups excluding tert-OH is 1. The smallest absolute Gasteiger partial charge is 0.290 e. The lowest BCUT2D eigenvalue weighted by Gasteiger charge is -2.35. The minimum atomic E-state index is -1.17. The number of aliphatic hydroxyl groups is 1. The van der Waals surface area contributed by atoms with Crippen molar-refractivity contribution in [3.05, 3.63) is 0 Å². The van der Waals surface area contributed by atoms with Crippen molar-refractivity contribution in [3.8, 4) is 0 Å². The second kappa shape index (κ2) is 15.3. The monoisotopic (exact) mass is 593 g/mol. The average Bonchev–Trinajstić information content (AvgIpc) is 3.43. The van der Waals surface area contributed by atoms with Gasteiger partial charge < -0.3 is 26.0 Å². The van der Waals surface area contributed by atoms with Gasteiger partial charge in [0.15, 0.2) is 0 Å². The number of rotatable bonds is 12. The predicted molar refractivity (Wildman–Crippen MR) is 161 cm³/mol. The Morgan fingerprint density at radius 1 is 0.952 bits per heavy atom. The van der Waals surface area contributed by atoms with Gasteiger partial charge in [0.25, 0.3) is 5.91 Å². The minimum Gasteiger partial charge on any atom is -0.378 e. The van der Waals surface area contributed by atoms with Gasteiger partial charge in [-0.2, -0.15) is 0 Å². The molecular weight excluding hydrogens is 538 g/mol. The molecule has 1 saturated heterocycles. The Morgan fingerprint density at radius 2 is 1.57 bits per heavy atom. The molecule has 42 heavy (non-hydrogen) atoms. The summed E-state index contributed by atoms with van der Waals surface area (Å²) in [4.78, 5) is 68.3. The molecule has 1 saturated carbocycles. The van der Waals surface area contributed by atoms with Crippen LogP contribution in [0.3, 0.4) is 0 Å². The lowest BCUT2D eigenvalue weighted by atomic mass is 9.88. The molecule has 4 amide bonds. The first kappa shape index (κ1) is 35.7. The normalized spacial score (nSPS) is 22.0. The zero-order chi connectivity index (χ0) is 31.8. The molecule has 1 unspecified atom stereocenters. The van der Waals surface area contributed by atoms with E-state index in [1.54, 1.807) is 48.6 Å². The third-order valence-corrected chi connectivity index (χ3v) is 8.22. The van der Waals surface area contributed by atoms with Crippen molar-refractivity contribution in [3.63, 3.8) is 0 Å². The van der Waals surface area contributed by atoms with Crippen LogP contribution >= 0.6 is 0 Å². The molecule has 1 heterocycles. The number of likely N-dealkylation sites (N-methyl/N-ethyl adjacent to an activating group) is 1. The highest BCUT2D eigenvalue weighted by molar-refractivity contribution is 6.38. The number of hydrogen-bond donors (Lipinski definition) is 5. The molecule has 0 spiro atoms. The van der Waals surface area contributed by atoms with E-state index in [9.17, 15) is 29.1 Å². The second-order valence-corrected chi connectivity index (χ2v) is 14.2. The molecule has 2 aliphatic rings. The Bertz CT molecular complexity index is 966. The van der Waals surface area contributed by atoms with E-state index in [-0.39, 0.29) is 30.1 Å². The summed E-state index contributed by atoms with van der Waals surface area (Å²) in [7, 11) is 1.56. The van der Waals surface area contributed by atoms with E-state index in [2.05, 4.69) is 21.3 Å². The SMILES string of the molecule is CCC[C@@H](C(=O)N[C@@H](C[C@@H]1CCCNC1O)C(=O)C(=O)NC(C)(C)C)N(C)C(=O)[C@H](NC(=O)C(C)(C)C)C1CCCC1. The Kier molecular flexibility index (Phi) is 13.0. The van der Waals surface area contributed by atoms with Crippen LogP contribution in [0.4, 0.5) is 0 Å². The van der Waals surface area contributed by atoms with Crippen LogP contribution in [0.2, 0.25) is 0 Å². The highest BCUT2D eigenvalue weighted by Gasteiger charge is 2.40. The van der Waals surface area contributed by atoms with Gasteiger partial charge in [-0.15, -0.1) is 0 Å². The van der Waals surface area contributed by atoms with Crippen LogP contribution in [0.25, 0.3) is 0 Å². The van der Waals surface area contributed by atoms with E-state index in [4.69, 9.17) is 0 Å². The molecule has 11 nitrogen and oxygen atoms in total. The molecule has 1 aliphatic heterocycles. The van der Waals surface area contributed by atoms with Crippen molar-refractivity contribution in [1.82, 2.24) is 26.2 Å². The Labute approximate surface area is 251 Å². The standard InChI is InChI=1S/C31H55N5O6/c1-9-13-22(36(8)28(41)23(19-14-10-11-15-19)34-29(42)30(2,3)4)26(39)33-21(18-20-16-12-17-32-25(20)38)24(37)27(40)35-31(5,6)7/h19-23,25,32,38H,9-18H2,1-8H3,(H,33,39)(H,34,42)(H,35,40)/t20-,21-,22-,23+,25?/m0/s1. The second-order valence-electron chi connectivity index (χ2n) is 14.2. The molecule has 0 radical (unpaired) electrons. The number of ketones is 1. The molecule has 0 aromatic heterocycles. The van der Waals surface area contributed by atoms with Crippen molar-refractivity contribution in [1.29, 1.82) is 0 Å². The summed E-state index contributed by atoms with van der Waals surface area (Å²) in [6.45, 7) is 13.2. The molecule has 5 N–H and O–H groups in total. The summed E-state index contributed by atoms with van der Waals surface area (Å²) in [5, 5.41) is 21.9. The maximum atomic E-state index is 13.9. The first-order valence-corrected chi connectivity index (χ1v) is 15.6. The van der Waals surface area contributed by atoms with Crippen LogP contribution in [-0.2, 0) is 24.0 Å². The van der Waals surface area contributed by atoms with Crippen molar-refractivity contribution >= 4 is 29.4 Å². The molecule has 0 aromatic rings. The molecular formula is C31H55N5O6. The number of piperidine rings is 1. The van der Waals surface area contributed by atoms with Gasteiger partial charge in [-0.3, -0.25) is 29.3 Å². The highest BCUT2D eigenvalue weighted by atomic mass is 16.3. The van der Waals surface area contributed by atoms with E-state index < -0.39 is 52.9 Å². The van der Waals surface area contributed by atoms with Crippen molar-refractivity contribution in [2.24, 2.45) is 17.3 Å². The molecule has 5 atom stereocenters. The summed E-state index contributed by atoms with van der Waals surface area (Å²) in [5.41, 5.74) is -1.34. The summed E-state index contributed by atoms with van der Waals surface area (Å²) < 4.78 is 0. The van der Waals surface area contributed by atoms with Gasteiger partial charge in [0.2, 0.25) is 23.5 Å². The van der Waals surface area contributed by atoms with E-state index in [0.717, 1.165) is 32.1 Å². The van der Waals surface area contributed by atoms with Gasteiger partial charge in [-0.1, -0.05) is 47.0 Å². The lowest BCUT2D eigenvalue weighted by molar-refractivity contribution is -0.146. The summed E-state index contributed by atoms with van der Waals surface area (Å²) in [5.74, 6) is -3.07. The van der Waals surface area contributed by atoms with Crippen LogP contribution in [0.1, 0.15) is 106 Å². The van der Waals surface area contributed by atoms with E-state index in [1.807, 2.05) is 6.92 Å². The van der Waals surface area contributed by atoms with Crippen LogP contribution in [0.5, 0.6) is 0 Å². The number of nitrogens with one attached hydrogen (secondary N) is 4. The van der Waals surface area contributed by atoms with Gasteiger partial charge in [0, 0.05) is 23.9 Å². The third-order valence-electron chi connectivity index (χ3n) is 8.22. The first-order chi connectivity index (χ1) is 19.5. The molecule has 2 rings (SSSR count). The molecule has 0 bridgehead atoms. The maximum Gasteiger partial charge on any atom is 0.290 e. The summed E-state index contributed by atoms with van der Waals surface area (Å²) in [6.07, 6.45) is 5.17. The number of hydrogen-bond acceptors (Lipinski definition) is 7. The van der Waals surface area contributed by atoms with Crippen LogP contribution < -0.4 is 21.3 Å². The average molecular weight is 594 g/mol. The number of carbonyl (C=O) groups excluding carboxylic acids is 5. The molecule has 0 aromatic carbocycles. The highest BCUT2D eigenvalue weighted by Crippen LogP contribution is 2.30. The molecule has 240 valence electrons. The van der Waals surface area contributed by atoms with Crippen LogP contribution in [0, 0.1) is 17.3 Å². The fraction of sp³-hybridized carbons (Fsp3) is 0.839. The van der Waals surface area contributed by atoms with E-state index >= 15 is 0 Å². The Hall–Kier alpha value is -2.53. The van der Waals surface area contributed by atoms with Crippen molar-refractivity contribution < 1.29 is 29.1 Å². The fourth-order valence-electron chi connectivity index (χ4n) is 5.72. The predicted octanol–water partition coefficient (Wildman–Crippen LogP) is 2.01. The minimum absolute atomic E-state index is 0.0210. The summed E-state index contributed by atoms with van der Waals surface area (Å²) in [6, 6.07) is -2.84. The number of Topliss-reactive ketones (excluding diaryl/α,β-unsaturated/α-hetero) is 1. The number of nitrogens with zero attached hydrogens (tertiary/aromatic N) is 1. The zero-order valence-corrected chi connectivity index (χ0v) is 27.0. The van der Waals surface area contributed by atoms with Crippen LogP contribution in [-0.4, -0.2) is 82.9 Å². The molecule has 11 heteroatoms. The number of carbonyl (C=O) groups is 5. The van der Waals surface area contributed by atoms with E-state index in [0.29, 0.717) is 25.8 Å². The van der Waals surface area contributed by atoms with Gasteiger partial charge in [0.1, 0.15) is 18.3 Å². The molecule has 1 aliphatic carbocycles. The topological polar surface area (TPSA) is 157 Å². The first-order valence-electron chi connectivity index (χ1n) is 15.6. The lowest BCUT2D eigenvalue weighted by Crippen LogP contribution is -2.59. The van der Waals surface area contributed by atoms with Gasteiger partial charge in [-0.05, 0) is 71.8 Å². The Morgan fingerprint density at radius 3 is 2.10 bits per heavy atom. The van der Waals surface area contributed by atoms with Crippen molar-refractivity contribution in [2.75, 3.05) is 13.6 Å². The van der Waals surface area contributed by atoms with Crippen LogP contribution in [0.15, 0.2) is 0 Å². The van der Waals surface area contributed by atoms with Gasteiger partial charge in [-0.25, -0.2) is 0 Å². The number of amides is 4. The quantitative estimate of drug-likeness (QED) is 0.217. The summed E-state index contributed by atoms with van der Waals surface area (Å²) >= 11 is 0. The third kappa shape index (κ3) is 10.3. The van der Waals surface area contributed by atoms with Gasteiger partial charge in [0.05, 0.1) is 6.04 Å². The molecule has 2 fully saturated rings. The van der Waals surface area contributed by atoms with Gasteiger partial charge >= 0.3 is 0 Å². The maximum absolute atomic E-state index is 13.9. The van der Waals surface area contributed by atoms with Crippen molar-refractivity contribution in [2.45, 2.75) is 136 Å². The zero-order valence-electron chi connectivity index (χ0n) is 27.0. The Balaban J connectivity index is 2.31.